The van der Waals surface area contributed by atoms with Crippen LogP contribution in [-0.2, 0) is 0 Å². The van der Waals surface area contributed by atoms with Gasteiger partial charge in [0, 0.05) is 11.6 Å². The number of nitrogens with one attached hydrogen (secondary N) is 1. The third-order valence-corrected chi connectivity index (χ3v) is 5.17. The van der Waals surface area contributed by atoms with Crippen LogP contribution in [0.25, 0.3) is 11.3 Å². The van der Waals surface area contributed by atoms with Crippen molar-refractivity contribution in [2.45, 2.75) is 63.5 Å². The van der Waals surface area contributed by atoms with Gasteiger partial charge in [-0.3, -0.25) is 0 Å². The van der Waals surface area contributed by atoms with Gasteiger partial charge in [0.1, 0.15) is 11.4 Å². The third kappa shape index (κ3) is 3.58. The molecule has 0 unspecified atom stereocenters. The van der Waals surface area contributed by atoms with Crippen molar-refractivity contribution in [2.24, 2.45) is 0 Å². The third-order valence-electron chi connectivity index (χ3n) is 5.17. The Kier molecular flexibility index (Phi) is 4.29. The maximum Gasteiger partial charge on any atom is 0.243 e. The molecule has 0 amide bonds. The van der Waals surface area contributed by atoms with Crippen molar-refractivity contribution in [3.8, 4) is 17.0 Å². The van der Waals surface area contributed by atoms with Gasteiger partial charge >= 0.3 is 0 Å². The minimum absolute atomic E-state index is 0.182. The van der Waals surface area contributed by atoms with E-state index >= 15 is 0 Å². The number of aryl methyl sites for hydroxylation is 1. The summed E-state index contributed by atoms with van der Waals surface area (Å²) in [5.41, 5.74) is 3.19. The van der Waals surface area contributed by atoms with Gasteiger partial charge in [0.2, 0.25) is 5.95 Å². The Hall–Kier alpha value is -2.21. The monoisotopic (exact) mass is 340 g/mol. The highest BCUT2D eigenvalue weighted by molar-refractivity contribution is 5.69. The van der Waals surface area contributed by atoms with Gasteiger partial charge in [0.15, 0.2) is 0 Å². The molecular formula is C19H24N4O2. The van der Waals surface area contributed by atoms with E-state index < -0.39 is 0 Å². The molecule has 0 aliphatic heterocycles. The lowest BCUT2D eigenvalue weighted by molar-refractivity contribution is 0.124. The van der Waals surface area contributed by atoms with Crippen molar-refractivity contribution in [3.05, 3.63) is 29.5 Å². The zero-order valence-corrected chi connectivity index (χ0v) is 14.4. The summed E-state index contributed by atoms with van der Waals surface area (Å²) in [6.45, 7) is 1.87. The summed E-state index contributed by atoms with van der Waals surface area (Å²) >= 11 is 0. The minimum atomic E-state index is -0.249. The first-order chi connectivity index (χ1) is 12.1. The zero-order chi connectivity index (χ0) is 17.4. The molecule has 6 heteroatoms. The second-order valence-corrected chi connectivity index (χ2v) is 7.28. The Morgan fingerprint density at radius 1 is 1.12 bits per heavy atom. The topological polar surface area (TPSA) is 91.2 Å². The Morgan fingerprint density at radius 3 is 2.64 bits per heavy atom. The van der Waals surface area contributed by atoms with Gasteiger partial charge in [-0.25, -0.2) is 4.98 Å². The highest BCUT2D eigenvalue weighted by atomic mass is 16.3. The van der Waals surface area contributed by atoms with Gasteiger partial charge in [0.05, 0.1) is 11.8 Å². The average molecular weight is 340 g/mol. The number of rotatable bonds is 4. The largest absolute Gasteiger partial charge is 0.507 e. The molecule has 4 rings (SSSR count). The number of phenolic OH excluding ortho intramolecular Hbond substituents is 1. The summed E-state index contributed by atoms with van der Waals surface area (Å²) in [5, 5.41) is 31.9. The number of aliphatic hydroxyl groups excluding tert-OH is 1. The first-order valence-electron chi connectivity index (χ1n) is 9.09. The fraction of sp³-hybridized carbons (Fsp3) is 0.526. The van der Waals surface area contributed by atoms with E-state index in [2.05, 4.69) is 26.6 Å². The number of phenols is 1. The summed E-state index contributed by atoms with van der Waals surface area (Å²) in [5.74, 6) is 1.32. The fourth-order valence-electron chi connectivity index (χ4n) is 3.61. The van der Waals surface area contributed by atoms with E-state index in [1.54, 1.807) is 0 Å². The Morgan fingerprint density at radius 2 is 1.96 bits per heavy atom. The number of hydrogen-bond acceptors (Lipinski definition) is 6. The van der Waals surface area contributed by atoms with Crippen LogP contribution in [0.4, 0.5) is 5.95 Å². The van der Waals surface area contributed by atoms with Crippen LogP contribution in [0.2, 0.25) is 0 Å². The van der Waals surface area contributed by atoms with E-state index in [1.807, 2.05) is 19.1 Å². The molecule has 2 aliphatic carbocycles. The van der Waals surface area contributed by atoms with Crippen LogP contribution in [0.3, 0.4) is 0 Å². The summed E-state index contributed by atoms with van der Waals surface area (Å²) in [6.07, 6.45) is 5.75. The second kappa shape index (κ2) is 6.59. The number of hydrogen-bond donors (Lipinski definition) is 3. The molecule has 1 aromatic carbocycles. The van der Waals surface area contributed by atoms with Crippen LogP contribution in [-0.4, -0.2) is 37.5 Å². The molecular weight excluding hydrogens is 316 g/mol. The molecule has 2 atom stereocenters. The van der Waals surface area contributed by atoms with Crippen LogP contribution in [0.1, 0.15) is 55.7 Å². The van der Waals surface area contributed by atoms with Gasteiger partial charge in [0.25, 0.3) is 0 Å². The number of benzene rings is 1. The molecule has 2 fully saturated rings. The van der Waals surface area contributed by atoms with Crippen molar-refractivity contribution in [1.82, 2.24) is 15.2 Å². The van der Waals surface area contributed by atoms with Crippen molar-refractivity contribution < 1.29 is 10.2 Å². The number of aromatic hydroxyl groups is 1. The first kappa shape index (κ1) is 16.3. The van der Waals surface area contributed by atoms with Crippen molar-refractivity contribution in [3.63, 3.8) is 0 Å². The second-order valence-electron chi connectivity index (χ2n) is 7.28. The van der Waals surface area contributed by atoms with Crippen LogP contribution >= 0.6 is 0 Å². The van der Waals surface area contributed by atoms with Gasteiger partial charge in [-0.05, 0) is 69.1 Å². The molecule has 0 saturated heterocycles. The predicted octanol–water partition coefficient (Wildman–Crippen LogP) is 3.15. The lowest BCUT2D eigenvalue weighted by Gasteiger charge is -2.26. The molecule has 132 valence electrons. The highest BCUT2D eigenvalue weighted by Gasteiger charge is 2.25. The molecule has 0 spiro atoms. The summed E-state index contributed by atoms with van der Waals surface area (Å²) < 4.78 is 0. The molecule has 6 nitrogen and oxygen atoms in total. The van der Waals surface area contributed by atoms with Crippen LogP contribution in [0, 0.1) is 6.92 Å². The standard InChI is InChI=1S/C19H24N4O2/c1-11-18(16-8-7-13(9-17(16)25)12-5-6-12)22-23-19(20-11)21-14-3-2-4-15(24)10-14/h7-9,12,14-15,24-25H,2-6,10H2,1H3,(H,20,21,23)/t14-,15+/m1/s1. The maximum atomic E-state index is 10.4. The summed E-state index contributed by atoms with van der Waals surface area (Å²) in [6, 6.07) is 5.99. The summed E-state index contributed by atoms with van der Waals surface area (Å²) in [7, 11) is 0. The van der Waals surface area contributed by atoms with E-state index in [4.69, 9.17) is 0 Å². The SMILES string of the molecule is Cc1nc(N[C@@H]2CCC[C@H](O)C2)nnc1-c1ccc(C2CC2)cc1O. The predicted molar refractivity (Wildman–Crippen MR) is 95.5 cm³/mol. The smallest absolute Gasteiger partial charge is 0.243 e. The highest BCUT2D eigenvalue weighted by Crippen LogP contribution is 2.42. The molecule has 25 heavy (non-hydrogen) atoms. The van der Waals surface area contributed by atoms with Crippen LogP contribution in [0.5, 0.6) is 5.75 Å². The zero-order valence-electron chi connectivity index (χ0n) is 14.4. The van der Waals surface area contributed by atoms with E-state index in [-0.39, 0.29) is 17.9 Å². The minimum Gasteiger partial charge on any atom is -0.507 e. The van der Waals surface area contributed by atoms with Gasteiger partial charge in [-0.1, -0.05) is 6.07 Å². The van der Waals surface area contributed by atoms with E-state index in [9.17, 15) is 10.2 Å². The lowest BCUT2D eigenvalue weighted by Crippen LogP contribution is -2.30. The average Bonchev–Trinajstić information content (AvgIpc) is 3.41. The molecule has 0 radical (unpaired) electrons. The van der Waals surface area contributed by atoms with Crippen molar-refractivity contribution >= 4 is 5.95 Å². The van der Waals surface area contributed by atoms with Crippen LogP contribution in [0.15, 0.2) is 18.2 Å². The molecule has 1 heterocycles. The van der Waals surface area contributed by atoms with Gasteiger partial charge in [-0.2, -0.15) is 0 Å². The Balaban J connectivity index is 1.53. The van der Waals surface area contributed by atoms with Gasteiger partial charge in [-0.15, -0.1) is 10.2 Å². The van der Waals surface area contributed by atoms with Crippen molar-refractivity contribution in [1.29, 1.82) is 0 Å². The van der Waals surface area contributed by atoms with E-state index in [0.717, 1.165) is 25.0 Å². The van der Waals surface area contributed by atoms with E-state index in [0.29, 0.717) is 29.5 Å². The number of anilines is 1. The Bertz CT molecular complexity index is 776. The summed E-state index contributed by atoms with van der Waals surface area (Å²) in [4.78, 5) is 4.50. The molecule has 3 N–H and O–H groups in total. The lowest BCUT2D eigenvalue weighted by atomic mass is 9.93. The number of aliphatic hydroxyl groups is 1. The maximum absolute atomic E-state index is 10.4. The van der Waals surface area contributed by atoms with E-state index in [1.165, 1.54) is 18.4 Å². The normalized spacial score (nSPS) is 23.4. The molecule has 1 aromatic heterocycles. The van der Waals surface area contributed by atoms with Crippen LogP contribution < -0.4 is 5.32 Å². The molecule has 2 aliphatic rings. The fourth-order valence-corrected chi connectivity index (χ4v) is 3.61. The molecule has 2 saturated carbocycles. The number of nitrogens with zero attached hydrogens (tertiary/aromatic N) is 3. The molecule has 0 bridgehead atoms. The first-order valence-corrected chi connectivity index (χ1v) is 9.09. The number of aromatic nitrogens is 3. The van der Waals surface area contributed by atoms with Gasteiger partial charge < -0.3 is 15.5 Å². The Labute approximate surface area is 147 Å². The molecule has 2 aromatic rings. The quantitative estimate of drug-likeness (QED) is 0.792. The van der Waals surface area contributed by atoms with Crippen molar-refractivity contribution in [2.75, 3.05) is 5.32 Å².